The lowest BCUT2D eigenvalue weighted by molar-refractivity contribution is 0.596. The van der Waals surface area contributed by atoms with E-state index in [4.69, 9.17) is 4.98 Å². The number of fused-ring (bicyclic) bond motifs is 2. The average molecular weight is 518 g/mol. The summed E-state index contributed by atoms with van der Waals surface area (Å²) in [5.41, 5.74) is 9.10. The predicted molar refractivity (Wildman–Crippen MR) is 164 cm³/mol. The Hall–Kier alpha value is -3.27. The Balaban J connectivity index is 1.57. The lowest BCUT2D eigenvalue weighted by Crippen LogP contribution is -2.12. The number of aromatic nitrogens is 1. The highest BCUT2D eigenvalue weighted by molar-refractivity contribution is 7.27. The van der Waals surface area contributed by atoms with Gasteiger partial charge in [-0.2, -0.15) is 0 Å². The van der Waals surface area contributed by atoms with Crippen LogP contribution in [0.2, 0.25) is 0 Å². The van der Waals surface area contributed by atoms with Crippen LogP contribution in [0.3, 0.4) is 0 Å². The maximum Gasteiger partial charge on any atom is 0.0880 e. The molecule has 0 aliphatic carbocycles. The van der Waals surface area contributed by atoms with Crippen molar-refractivity contribution in [2.75, 3.05) is 0 Å². The second-order valence-electron chi connectivity index (χ2n) is 11.0. The minimum absolute atomic E-state index is 0.0412. The maximum absolute atomic E-state index is 4.96. The lowest BCUT2D eigenvalue weighted by Gasteiger charge is -2.22. The van der Waals surface area contributed by atoms with Gasteiger partial charge in [0.05, 0.1) is 10.4 Å². The van der Waals surface area contributed by atoms with Gasteiger partial charge in [-0.25, -0.2) is 0 Å². The summed E-state index contributed by atoms with van der Waals surface area (Å²) in [5.74, 6) is 0. The molecule has 0 aliphatic heterocycles. The van der Waals surface area contributed by atoms with Crippen molar-refractivity contribution in [2.45, 2.75) is 47.0 Å². The van der Waals surface area contributed by atoms with E-state index < -0.39 is 0 Å². The van der Waals surface area contributed by atoms with Gasteiger partial charge in [-0.1, -0.05) is 75.4 Å². The molecule has 0 aliphatic rings. The van der Waals surface area contributed by atoms with E-state index in [0.717, 1.165) is 5.69 Å². The van der Waals surface area contributed by atoms with Gasteiger partial charge in [0, 0.05) is 26.4 Å². The van der Waals surface area contributed by atoms with Crippen LogP contribution in [-0.4, -0.2) is 4.98 Å². The zero-order valence-corrected chi connectivity index (χ0v) is 23.9. The van der Waals surface area contributed by atoms with Crippen LogP contribution in [-0.2, 0) is 5.41 Å². The number of pyridine rings is 1. The zero-order valence-electron chi connectivity index (χ0n) is 22.3. The molecule has 37 heavy (non-hydrogen) atoms. The molecule has 0 saturated heterocycles. The third-order valence-corrected chi connectivity index (χ3v) is 10.4. The van der Waals surface area contributed by atoms with E-state index in [1.54, 1.807) is 0 Å². The molecular formula is C34H31NS2. The summed E-state index contributed by atoms with van der Waals surface area (Å²) < 4.78 is 1.27. The molecule has 0 N–H and O–H groups in total. The van der Waals surface area contributed by atoms with E-state index in [1.807, 2.05) is 28.9 Å². The summed E-state index contributed by atoms with van der Waals surface area (Å²) in [6.07, 6.45) is 1.98. The van der Waals surface area contributed by atoms with Crippen LogP contribution in [0, 0.1) is 20.8 Å². The monoisotopic (exact) mass is 517 g/mol. The van der Waals surface area contributed by atoms with Crippen molar-refractivity contribution >= 4 is 43.5 Å². The van der Waals surface area contributed by atoms with Crippen molar-refractivity contribution in [1.82, 2.24) is 4.98 Å². The molecule has 6 rings (SSSR count). The Bertz CT molecular complexity index is 1780. The van der Waals surface area contributed by atoms with Gasteiger partial charge >= 0.3 is 0 Å². The van der Waals surface area contributed by atoms with E-state index in [9.17, 15) is 0 Å². The van der Waals surface area contributed by atoms with E-state index >= 15 is 0 Å². The summed E-state index contributed by atoms with van der Waals surface area (Å²) in [7, 11) is 0. The van der Waals surface area contributed by atoms with Gasteiger partial charge in [0.25, 0.3) is 0 Å². The Labute approximate surface area is 227 Å². The third-order valence-electron chi connectivity index (χ3n) is 7.49. The molecule has 3 heterocycles. The molecular weight excluding hydrogens is 487 g/mol. The van der Waals surface area contributed by atoms with Gasteiger partial charge in [0.2, 0.25) is 0 Å². The molecule has 0 amide bonds. The highest BCUT2D eigenvalue weighted by atomic mass is 32.1. The molecule has 0 unspecified atom stereocenters. The topological polar surface area (TPSA) is 12.9 Å². The second kappa shape index (κ2) is 8.93. The normalized spacial score (nSPS) is 12.1. The molecule has 0 spiro atoms. The first-order chi connectivity index (χ1) is 17.7. The summed E-state index contributed by atoms with van der Waals surface area (Å²) in [4.78, 5) is 9.08. The first-order valence-corrected chi connectivity index (χ1v) is 14.4. The Morgan fingerprint density at radius 3 is 2.05 bits per heavy atom. The molecule has 3 aromatic heterocycles. The lowest BCUT2D eigenvalue weighted by atomic mass is 9.82. The Kier molecular flexibility index (Phi) is 5.82. The molecule has 6 aromatic rings. The first-order valence-electron chi connectivity index (χ1n) is 12.8. The fourth-order valence-corrected chi connectivity index (χ4v) is 8.19. The fourth-order valence-electron chi connectivity index (χ4n) is 5.32. The van der Waals surface area contributed by atoms with Crippen molar-refractivity contribution in [3.8, 4) is 31.5 Å². The van der Waals surface area contributed by atoms with Crippen LogP contribution < -0.4 is 0 Å². The molecule has 184 valence electrons. The predicted octanol–water partition coefficient (Wildman–Crippen LogP) is 10.7. The number of hydrogen-bond acceptors (Lipinski definition) is 3. The SMILES string of the molecule is Cc1c(-c2ccccc2)sc(-c2sc3c(-c4cc(C(C)(C)C)c5ccccc5c4)nccc3c2C)c1C. The maximum atomic E-state index is 4.96. The van der Waals surface area contributed by atoms with Gasteiger partial charge < -0.3 is 0 Å². The minimum Gasteiger partial charge on any atom is -0.255 e. The highest BCUT2D eigenvalue weighted by Gasteiger charge is 2.23. The molecule has 3 aromatic carbocycles. The second-order valence-corrected chi connectivity index (χ2v) is 13.0. The van der Waals surface area contributed by atoms with E-state index in [1.165, 1.54) is 68.9 Å². The van der Waals surface area contributed by atoms with Crippen LogP contribution in [0.25, 0.3) is 52.3 Å². The summed E-state index contributed by atoms with van der Waals surface area (Å²) in [5, 5.41) is 3.91. The van der Waals surface area contributed by atoms with Crippen LogP contribution in [0.5, 0.6) is 0 Å². The van der Waals surface area contributed by atoms with Gasteiger partial charge in [0.15, 0.2) is 0 Å². The zero-order chi connectivity index (χ0) is 25.9. The molecule has 0 radical (unpaired) electrons. The number of rotatable bonds is 3. The van der Waals surface area contributed by atoms with Crippen molar-refractivity contribution in [3.05, 3.63) is 101 Å². The van der Waals surface area contributed by atoms with Gasteiger partial charge in [-0.3, -0.25) is 4.98 Å². The van der Waals surface area contributed by atoms with E-state index in [2.05, 4.69) is 114 Å². The molecule has 0 atom stereocenters. The van der Waals surface area contributed by atoms with Crippen molar-refractivity contribution in [3.63, 3.8) is 0 Å². The van der Waals surface area contributed by atoms with Gasteiger partial charge in [0.1, 0.15) is 0 Å². The molecule has 0 fully saturated rings. The number of benzene rings is 3. The summed E-state index contributed by atoms with van der Waals surface area (Å²) >= 11 is 3.82. The van der Waals surface area contributed by atoms with Gasteiger partial charge in [-0.15, -0.1) is 22.7 Å². The van der Waals surface area contributed by atoms with Crippen LogP contribution in [0.4, 0.5) is 0 Å². The largest absolute Gasteiger partial charge is 0.255 e. The highest BCUT2D eigenvalue weighted by Crippen LogP contribution is 2.49. The van der Waals surface area contributed by atoms with Crippen molar-refractivity contribution in [1.29, 1.82) is 0 Å². The van der Waals surface area contributed by atoms with E-state index in [0.29, 0.717) is 0 Å². The quantitative estimate of drug-likeness (QED) is 0.227. The van der Waals surface area contributed by atoms with Gasteiger partial charge in [-0.05, 0) is 88.4 Å². The third kappa shape index (κ3) is 4.02. The standard InChI is InChI=1S/C34H31NS2/c1-20-21(2)31(36-30(20)23-12-8-7-9-13-23)32-22(3)26-16-17-35-29(33(26)37-32)25-18-24-14-10-11-15-27(24)28(19-25)34(4,5)6/h7-19H,1-6H3. The average Bonchev–Trinajstić information content (AvgIpc) is 3.39. The smallest absolute Gasteiger partial charge is 0.0880 e. The van der Waals surface area contributed by atoms with Crippen LogP contribution in [0.15, 0.2) is 79.0 Å². The molecule has 0 saturated carbocycles. The molecule has 0 bridgehead atoms. The molecule has 1 nitrogen and oxygen atoms in total. The summed E-state index contributed by atoms with van der Waals surface area (Å²) in [6, 6.07) is 26.4. The number of thiophene rings is 2. The Morgan fingerprint density at radius 2 is 1.30 bits per heavy atom. The van der Waals surface area contributed by atoms with Crippen molar-refractivity contribution in [2.24, 2.45) is 0 Å². The number of aryl methyl sites for hydroxylation is 1. The van der Waals surface area contributed by atoms with E-state index in [-0.39, 0.29) is 5.41 Å². The minimum atomic E-state index is 0.0412. The first kappa shape index (κ1) is 24.1. The Morgan fingerprint density at radius 1 is 0.622 bits per heavy atom. The number of nitrogens with zero attached hydrogens (tertiary/aromatic N) is 1. The molecule has 3 heteroatoms. The number of hydrogen-bond donors (Lipinski definition) is 0. The summed E-state index contributed by atoms with van der Waals surface area (Å²) in [6.45, 7) is 13.7. The fraction of sp³-hybridized carbons (Fsp3) is 0.206. The van der Waals surface area contributed by atoms with Crippen LogP contribution in [0.1, 0.15) is 43.0 Å². The van der Waals surface area contributed by atoms with Crippen LogP contribution >= 0.6 is 22.7 Å². The van der Waals surface area contributed by atoms with Crippen molar-refractivity contribution < 1.29 is 0 Å².